The number of hydrogen-bond acceptors (Lipinski definition) is 4. The van der Waals surface area contributed by atoms with E-state index < -0.39 is 0 Å². The van der Waals surface area contributed by atoms with Crippen LogP contribution in [0.2, 0.25) is 0 Å². The van der Waals surface area contributed by atoms with Crippen molar-refractivity contribution in [1.82, 2.24) is 24.6 Å². The first-order chi connectivity index (χ1) is 14.7. The maximum Gasteiger partial charge on any atom is 0.254 e. The van der Waals surface area contributed by atoms with Crippen LogP contribution in [-0.4, -0.2) is 56.7 Å². The van der Waals surface area contributed by atoms with Crippen molar-refractivity contribution in [2.75, 3.05) is 26.2 Å². The number of hydrogen-bond donors (Lipinski definition) is 0. The van der Waals surface area contributed by atoms with Gasteiger partial charge in [-0.05, 0) is 41.8 Å². The van der Waals surface area contributed by atoms with Gasteiger partial charge in [-0.25, -0.2) is 4.39 Å². The third-order valence-corrected chi connectivity index (χ3v) is 6.32. The molecule has 0 unspecified atom stereocenters. The average molecular weight is 405 g/mol. The molecular formula is C23H24FN5O. The minimum Gasteiger partial charge on any atom is -0.331 e. The van der Waals surface area contributed by atoms with Crippen molar-refractivity contribution in [2.45, 2.75) is 12.6 Å². The van der Waals surface area contributed by atoms with Gasteiger partial charge in [0.2, 0.25) is 0 Å². The summed E-state index contributed by atoms with van der Waals surface area (Å²) in [6, 6.07) is 12.0. The van der Waals surface area contributed by atoms with E-state index in [2.05, 4.69) is 15.0 Å². The molecule has 5 rings (SSSR count). The summed E-state index contributed by atoms with van der Waals surface area (Å²) in [7, 11) is 0. The van der Waals surface area contributed by atoms with Crippen LogP contribution in [0, 0.1) is 17.7 Å². The van der Waals surface area contributed by atoms with Gasteiger partial charge in [-0.3, -0.25) is 14.5 Å². The fourth-order valence-electron chi connectivity index (χ4n) is 4.98. The maximum absolute atomic E-state index is 14.0. The Morgan fingerprint density at radius 3 is 2.67 bits per heavy atom. The van der Waals surface area contributed by atoms with Gasteiger partial charge in [-0.1, -0.05) is 12.1 Å². The Hall–Kier alpha value is -3.06. The van der Waals surface area contributed by atoms with Crippen LogP contribution in [0.3, 0.4) is 0 Å². The molecule has 0 aliphatic carbocycles. The number of likely N-dealkylation sites (tertiary alicyclic amines) is 2. The van der Waals surface area contributed by atoms with E-state index in [1.165, 1.54) is 6.07 Å². The van der Waals surface area contributed by atoms with Crippen molar-refractivity contribution < 1.29 is 9.18 Å². The fourth-order valence-corrected chi connectivity index (χ4v) is 4.98. The number of pyridine rings is 1. The van der Waals surface area contributed by atoms with Gasteiger partial charge in [0.05, 0.1) is 12.6 Å². The third-order valence-electron chi connectivity index (χ3n) is 6.32. The van der Waals surface area contributed by atoms with Gasteiger partial charge >= 0.3 is 0 Å². The molecule has 2 aromatic heterocycles. The summed E-state index contributed by atoms with van der Waals surface area (Å²) in [5.41, 5.74) is 1.50. The number of carbonyl (C=O) groups excluding carboxylic acids is 1. The average Bonchev–Trinajstić information content (AvgIpc) is 3.48. The van der Waals surface area contributed by atoms with E-state index in [1.807, 2.05) is 27.9 Å². The van der Waals surface area contributed by atoms with Crippen molar-refractivity contribution in [2.24, 2.45) is 11.8 Å². The van der Waals surface area contributed by atoms with Gasteiger partial charge < -0.3 is 9.80 Å². The van der Waals surface area contributed by atoms with E-state index in [1.54, 1.807) is 42.9 Å². The summed E-state index contributed by atoms with van der Waals surface area (Å²) < 4.78 is 16.0. The van der Waals surface area contributed by atoms with E-state index in [0.29, 0.717) is 18.0 Å². The molecule has 7 heteroatoms. The molecule has 0 radical (unpaired) electrons. The molecule has 2 aliphatic heterocycles. The first kappa shape index (κ1) is 18.9. The van der Waals surface area contributed by atoms with E-state index in [9.17, 15) is 9.18 Å². The predicted molar refractivity (Wildman–Crippen MR) is 110 cm³/mol. The Bertz CT molecular complexity index is 1010. The van der Waals surface area contributed by atoms with Crippen LogP contribution in [0.5, 0.6) is 0 Å². The SMILES string of the molecule is O=C(c1ccncc1)N1C[C@@H]2CN(CCn3cccn3)C[C@@H]2[C@H]1c1cccc(F)c1. The molecule has 0 bridgehead atoms. The topological polar surface area (TPSA) is 54.3 Å². The van der Waals surface area contributed by atoms with Gasteiger partial charge in [-0.15, -0.1) is 0 Å². The van der Waals surface area contributed by atoms with E-state index in [0.717, 1.165) is 31.7 Å². The highest BCUT2D eigenvalue weighted by Gasteiger charge is 2.49. The van der Waals surface area contributed by atoms with E-state index in [-0.39, 0.29) is 23.7 Å². The molecule has 2 fully saturated rings. The zero-order valence-electron chi connectivity index (χ0n) is 16.6. The van der Waals surface area contributed by atoms with Crippen molar-refractivity contribution >= 4 is 5.91 Å². The summed E-state index contributed by atoms with van der Waals surface area (Å²) in [5, 5.41) is 4.28. The maximum atomic E-state index is 14.0. The molecule has 3 aromatic rings. The van der Waals surface area contributed by atoms with Crippen LogP contribution in [0.1, 0.15) is 22.0 Å². The van der Waals surface area contributed by atoms with Crippen LogP contribution in [-0.2, 0) is 6.54 Å². The zero-order valence-corrected chi connectivity index (χ0v) is 16.6. The largest absolute Gasteiger partial charge is 0.331 e. The minimum atomic E-state index is -0.263. The molecule has 2 aliphatic rings. The number of fused-ring (bicyclic) bond motifs is 1. The van der Waals surface area contributed by atoms with Crippen molar-refractivity contribution in [1.29, 1.82) is 0 Å². The first-order valence-corrected chi connectivity index (χ1v) is 10.4. The highest BCUT2D eigenvalue weighted by Crippen LogP contribution is 2.45. The number of aromatic nitrogens is 3. The molecule has 6 nitrogen and oxygen atoms in total. The first-order valence-electron chi connectivity index (χ1n) is 10.4. The van der Waals surface area contributed by atoms with Crippen LogP contribution < -0.4 is 0 Å². The number of carbonyl (C=O) groups is 1. The summed E-state index contributed by atoms with van der Waals surface area (Å²) >= 11 is 0. The molecular weight excluding hydrogens is 381 g/mol. The van der Waals surface area contributed by atoms with Crippen LogP contribution >= 0.6 is 0 Å². The normalized spacial score (nSPS) is 23.6. The Kier molecular flexibility index (Phi) is 5.04. The highest BCUT2D eigenvalue weighted by molar-refractivity contribution is 5.94. The monoisotopic (exact) mass is 405 g/mol. The highest BCUT2D eigenvalue weighted by atomic mass is 19.1. The second kappa shape index (κ2) is 7.99. The van der Waals surface area contributed by atoms with Gasteiger partial charge in [0, 0.05) is 62.4 Å². The fraction of sp³-hybridized carbons (Fsp3) is 0.348. The lowest BCUT2D eigenvalue weighted by Crippen LogP contribution is -2.36. The molecule has 4 heterocycles. The number of nitrogens with zero attached hydrogens (tertiary/aromatic N) is 5. The molecule has 1 amide bonds. The number of benzene rings is 1. The van der Waals surface area contributed by atoms with E-state index in [4.69, 9.17) is 0 Å². The smallest absolute Gasteiger partial charge is 0.254 e. The van der Waals surface area contributed by atoms with Crippen LogP contribution in [0.25, 0.3) is 0 Å². The van der Waals surface area contributed by atoms with E-state index >= 15 is 0 Å². The van der Waals surface area contributed by atoms with Crippen LogP contribution in [0.15, 0.2) is 67.3 Å². The summed E-state index contributed by atoms with van der Waals surface area (Å²) in [6.07, 6.45) is 7.04. The Labute approximate surface area is 174 Å². The summed E-state index contributed by atoms with van der Waals surface area (Å²) in [4.78, 5) is 21.7. The number of halogens is 1. The summed E-state index contributed by atoms with van der Waals surface area (Å²) in [6.45, 7) is 4.29. The van der Waals surface area contributed by atoms with Gasteiger partial charge in [0.15, 0.2) is 0 Å². The quantitative estimate of drug-likeness (QED) is 0.655. The molecule has 2 saturated heterocycles. The standard InChI is InChI=1S/C23H24FN5O/c24-20-4-1-3-18(13-20)22-21-16-27(11-12-28-10-2-7-26-28)14-19(21)15-29(22)23(30)17-5-8-25-9-6-17/h1-10,13,19,21-22H,11-12,14-16H2/t19-,21-,22+/m0/s1. The lowest BCUT2D eigenvalue weighted by atomic mass is 9.89. The Morgan fingerprint density at radius 1 is 1.03 bits per heavy atom. The lowest BCUT2D eigenvalue weighted by molar-refractivity contribution is 0.0700. The van der Waals surface area contributed by atoms with Crippen LogP contribution in [0.4, 0.5) is 4.39 Å². The lowest BCUT2D eigenvalue weighted by Gasteiger charge is -2.30. The van der Waals surface area contributed by atoms with Gasteiger partial charge in [-0.2, -0.15) is 5.10 Å². The Morgan fingerprint density at radius 2 is 1.90 bits per heavy atom. The Balaban J connectivity index is 1.38. The predicted octanol–water partition coefficient (Wildman–Crippen LogP) is 2.86. The summed E-state index contributed by atoms with van der Waals surface area (Å²) in [5.74, 6) is 0.391. The van der Waals surface area contributed by atoms with Crippen molar-refractivity contribution in [3.63, 3.8) is 0 Å². The molecule has 154 valence electrons. The third kappa shape index (κ3) is 3.61. The molecule has 0 saturated carbocycles. The molecule has 30 heavy (non-hydrogen) atoms. The molecule has 1 aromatic carbocycles. The second-order valence-corrected chi connectivity index (χ2v) is 8.15. The second-order valence-electron chi connectivity index (χ2n) is 8.15. The minimum absolute atomic E-state index is 0.0100. The van der Waals surface area contributed by atoms with Crippen molar-refractivity contribution in [3.05, 3.63) is 84.2 Å². The van der Waals surface area contributed by atoms with Crippen molar-refractivity contribution in [3.8, 4) is 0 Å². The molecule has 0 N–H and O–H groups in total. The molecule has 0 spiro atoms. The zero-order chi connectivity index (χ0) is 20.5. The number of amides is 1. The van der Waals surface area contributed by atoms with Gasteiger partial charge in [0.25, 0.3) is 5.91 Å². The van der Waals surface area contributed by atoms with Gasteiger partial charge in [0.1, 0.15) is 5.82 Å². The molecule has 3 atom stereocenters. The number of rotatable bonds is 5.